The summed E-state index contributed by atoms with van der Waals surface area (Å²) < 4.78 is 110. The van der Waals surface area contributed by atoms with E-state index in [0.717, 1.165) is 17.7 Å². The third-order valence-corrected chi connectivity index (χ3v) is 4.95. The molecule has 0 fully saturated rings. The molecule has 0 aliphatic carbocycles. The molecule has 3 aromatic rings. The molecule has 3 rings (SSSR count). The van der Waals surface area contributed by atoms with E-state index in [1.54, 1.807) is 0 Å². The monoisotopic (exact) mass is 456 g/mol. The summed E-state index contributed by atoms with van der Waals surface area (Å²) in [7, 11) is 0. The maximum absolute atomic E-state index is 14.5. The highest BCUT2D eigenvalue weighted by Gasteiger charge is 2.34. The van der Waals surface area contributed by atoms with Gasteiger partial charge in [0.2, 0.25) is 0 Å². The van der Waals surface area contributed by atoms with E-state index in [2.05, 4.69) is 0 Å². The molecule has 0 amide bonds. The van der Waals surface area contributed by atoms with Gasteiger partial charge in [-0.15, -0.1) is 0 Å². The summed E-state index contributed by atoms with van der Waals surface area (Å²) in [4.78, 5) is 0. The van der Waals surface area contributed by atoms with E-state index in [0.29, 0.717) is 6.07 Å². The fraction of sp³-hybridized carbons (Fsp3) is 0.167. The topological polar surface area (TPSA) is 0 Å². The number of rotatable bonds is 5. The van der Waals surface area contributed by atoms with Crippen LogP contribution in [0.4, 0.5) is 35.1 Å². The van der Waals surface area contributed by atoms with Gasteiger partial charge in [0, 0.05) is 5.56 Å². The second kappa shape index (κ2) is 9.14. The zero-order valence-corrected chi connectivity index (χ0v) is 16.6. The second-order valence-electron chi connectivity index (χ2n) is 7.27. The van der Waals surface area contributed by atoms with Crippen LogP contribution in [0, 0.1) is 17.5 Å². The van der Waals surface area contributed by atoms with Crippen LogP contribution < -0.4 is 0 Å². The van der Waals surface area contributed by atoms with Crippen molar-refractivity contribution in [3.05, 3.63) is 106 Å². The van der Waals surface area contributed by atoms with Crippen molar-refractivity contribution in [1.29, 1.82) is 0 Å². The molecule has 0 aliphatic rings. The summed E-state index contributed by atoms with van der Waals surface area (Å²) in [6.07, 6.45) is -4.82. The molecule has 0 aromatic heterocycles. The molecular weight excluding hydrogens is 440 g/mol. The first kappa shape index (κ1) is 23.5. The van der Waals surface area contributed by atoms with E-state index >= 15 is 0 Å². The molecule has 0 saturated heterocycles. The minimum atomic E-state index is -5.04. The molecule has 168 valence electrons. The van der Waals surface area contributed by atoms with Crippen LogP contribution in [0.5, 0.6) is 0 Å². The number of alkyl halides is 3. The summed E-state index contributed by atoms with van der Waals surface area (Å²) in [6, 6.07) is 11.6. The predicted octanol–water partition coefficient (Wildman–Crippen LogP) is 8.23. The zero-order valence-electron chi connectivity index (χ0n) is 16.6. The number of hydrogen-bond acceptors (Lipinski definition) is 0. The lowest BCUT2D eigenvalue weighted by Crippen LogP contribution is -2.08. The van der Waals surface area contributed by atoms with Gasteiger partial charge in [0.25, 0.3) is 0 Å². The van der Waals surface area contributed by atoms with Crippen molar-refractivity contribution >= 4 is 11.7 Å². The first-order valence-corrected chi connectivity index (χ1v) is 9.44. The van der Waals surface area contributed by atoms with Gasteiger partial charge in [-0.1, -0.05) is 43.3 Å². The summed E-state index contributed by atoms with van der Waals surface area (Å²) in [5.41, 5.74) is -2.80. The van der Waals surface area contributed by atoms with Gasteiger partial charge in [0.15, 0.2) is 11.7 Å². The van der Waals surface area contributed by atoms with Crippen LogP contribution in [-0.2, 0) is 12.6 Å². The molecule has 3 aromatic carbocycles. The number of benzene rings is 3. The number of hydrogen-bond donors (Lipinski definition) is 0. The van der Waals surface area contributed by atoms with E-state index in [-0.39, 0.29) is 30.0 Å². The Labute approximate surface area is 178 Å². The fourth-order valence-corrected chi connectivity index (χ4v) is 3.32. The molecule has 0 spiro atoms. The summed E-state index contributed by atoms with van der Waals surface area (Å²) in [6.45, 7) is 1.83. The minimum Gasteiger partial charge on any atom is -0.206 e. The van der Waals surface area contributed by atoms with Crippen LogP contribution in [0.15, 0.2) is 60.7 Å². The van der Waals surface area contributed by atoms with Crippen molar-refractivity contribution in [1.82, 2.24) is 0 Å². The van der Waals surface area contributed by atoms with Crippen LogP contribution in [0.3, 0.4) is 0 Å². The van der Waals surface area contributed by atoms with Crippen molar-refractivity contribution in [2.24, 2.45) is 0 Å². The molecule has 0 nitrogen and oxygen atoms in total. The lowest BCUT2D eigenvalue weighted by molar-refractivity contribution is -0.140. The van der Waals surface area contributed by atoms with Gasteiger partial charge in [0.05, 0.1) is 11.1 Å². The van der Waals surface area contributed by atoms with Crippen molar-refractivity contribution in [2.45, 2.75) is 25.4 Å². The predicted molar refractivity (Wildman–Crippen MR) is 105 cm³/mol. The lowest BCUT2D eigenvalue weighted by Gasteiger charge is -2.14. The molecule has 1 atom stereocenters. The molecule has 0 unspecified atom stereocenters. The van der Waals surface area contributed by atoms with Gasteiger partial charge in [0.1, 0.15) is 17.5 Å². The smallest absolute Gasteiger partial charge is 0.206 e. The van der Waals surface area contributed by atoms with Gasteiger partial charge in [-0.25, -0.2) is 22.0 Å². The van der Waals surface area contributed by atoms with Crippen molar-refractivity contribution in [2.75, 3.05) is 0 Å². The molecule has 0 N–H and O–H groups in total. The van der Waals surface area contributed by atoms with Crippen LogP contribution >= 0.6 is 0 Å². The van der Waals surface area contributed by atoms with Crippen LogP contribution in [0.25, 0.3) is 11.7 Å². The Balaban J connectivity index is 1.93. The quantitative estimate of drug-likeness (QED) is 0.268. The zero-order chi connectivity index (χ0) is 23.6. The van der Waals surface area contributed by atoms with Gasteiger partial charge in [-0.2, -0.15) is 13.2 Å². The number of halogens is 8. The van der Waals surface area contributed by atoms with E-state index in [1.165, 1.54) is 0 Å². The molecule has 0 aliphatic heterocycles. The Kier molecular flexibility index (Phi) is 6.71. The summed E-state index contributed by atoms with van der Waals surface area (Å²) >= 11 is 0. The molecule has 32 heavy (non-hydrogen) atoms. The first-order valence-electron chi connectivity index (χ1n) is 9.44. The van der Waals surface area contributed by atoms with Gasteiger partial charge >= 0.3 is 6.18 Å². The maximum Gasteiger partial charge on any atom is 0.419 e. The third-order valence-electron chi connectivity index (χ3n) is 4.95. The molecule has 0 bridgehead atoms. The Morgan fingerprint density at radius 1 is 0.781 bits per heavy atom. The Morgan fingerprint density at radius 3 is 1.91 bits per heavy atom. The minimum absolute atomic E-state index is 0.115. The Morgan fingerprint density at radius 2 is 1.38 bits per heavy atom. The lowest BCUT2D eigenvalue weighted by atomic mass is 9.93. The molecule has 8 heteroatoms. The molecule has 0 saturated carbocycles. The van der Waals surface area contributed by atoms with E-state index in [9.17, 15) is 35.1 Å². The van der Waals surface area contributed by atoms with E-state index < -0.39 is 52.0 Å². The normalized spacial score (nSPS) is 13.7. The highest BCUT2D eigenvalue weighted by molar-refractivity contribution is 5.83. The van der Waals surface area contributed by atoms with Crippen molar-refractivity contribution < 1.29 is 35.1 Å². The average molecular weight is 456 g/mol. The van der Waals surface area contributed by atoms with Crippen molar-refractivity contribution in [3.8, 4) is 0 Å². The fourth-order valence-electron chi connectivity index (χ4n) is 3.32. The summed E-state index contributed by atoms with van der Waals surface area (Å²) in [5, 5.41) is 0. The average Bonchev–Trinajstić information content (AvgIpc) is 2.72. The molecule has 0 radical (unpaired) electrons. The SMILES string of the molecule is C[C@H](Cc1cc(F)c(/C(F)=C(\F)c2ccc(C(F)(F)F)c(F)c2)c(F)c1)c1ccccc1. The standard InChI is InChI=1S/C24H16F8/c1-13(15-5-3-2-4-6-15)9-14-10-19(26)21(20(27)11-14)23(29)22(28)16-7-8-17(18(25)12-16)24(30,31)32/h2-8,10-13H,9H2,1H3/b23-22+/t13-/m1/s1. The van der Waals surface area contributed by atoms with Crippen LogP contribution in [0.2, 0.25) is 0 Å². The third kappa shape index (κ3) is 5.00. The van der Waals surface area contributed by atoms with E-state index in [1.807, 2.05) is 37.3 Å². The highest BCUT2D eigenvalue weighted by atomic mass is 19.4. The summed E-state index contributed by atoms with van der Waals surface area (Å²) in [5.74, 6) is -8.61. The highest BCUT2D eigenvalue weighted by Crippen LogP contribution is 2.36. The maximum atomic E-state index is 14.5. The Hall–Kier alpha value is -3.16. The molecular formula is C24H16F8. The van der Waals surface area contributed by atoms with Gasteiger partial charge < -0.3 is 0 Å². The van der Waals surface area contributed by atoms with Gasteiger partial charge in [-0.3, -0.25) is 0 Å². The van der Waals surface area contributed by atoms with Crippen molar-refractivity contribution in [3.63, 3.8) is 0 Å². The largest absolute Gasteiger partial charge is 0.419 e. The Bertz CT molecular complexity index is 1120. The van der Waals surface area contributed by atoms with Gasteiger partial charge in [-0.05, 0) is 47.7 Å². The van der Waals surface area contributed by atoms with Crippen LogP contribution in [0.1, 0.15) is 40.7 Å². The molecule has 0 heterocycles. The second-order valence-corrected chi connectivity index (χ2v) is 7.27. The first-order chi connectivity index (χ1) is 15.0. The van der Waals surface area contributed by atoms with Crippen LogP contribution in [-0.4, -0.2) is 0 Å². The van der Waals surface area contributed by atoms with E-state index in [4.69, 9.17) is 0 Å².